The number of ether oxygens (including phenoxy) is 3. The number of unbranched alkanes of at least 4 members (excludes halogenated alkanes) is 1. The maximum Gasteiger partial charge on any atom is 0.160 e. The minimum absolute atomic E-state index is 0.0385. The number of aliphatic hydroxyl groups is 1. The van der Waals surface area contributed by atoms with Crippen molar-refractivity contribution < 1.29 is 19.3 Å². The van der Waals surface area contributed by atoms with Crippen LogP contribution in [0.3, 0.4) is 0 Å². The summed E-state index contributed by atoms with van der Waals surface area (Å²) in [6.45, 7) is 3.26. The molecule has 0 spiro atoms. The molecule has 0 aromatic rings. The Morgan fingerprint density at radius 1 is 1.50 bits per heavy atom. The molecule has 0 aromatic carbocycles. The molecule has 4 nitrogen and oxygen atoms in total. The molecule has 2 aliphatic rings. The van der Waals surface area contributed by atoms with Gasteiger partial charge >= 0.3 is 0 Å². The van der Waals surface area contributed by atoms with Crippen molar-refractivity contribution in [3.63, 3.8) is 0 Å². The quantitative estimate of drug-likeness (QED) is 0.681. The van der Waals surface area contributed by atoms with E-state index in [-0.39, 0.29) is 18.5 Å². The summed E-state index contributed by atoms with van der Waals surface area (Å²) in [5.41, 5.74) is 0. The molecular weight excluding hydrogens is 184 g/mol. The van der Waals surface area contributed by atoms with E-state index in [4.69, 9.17) is 14.2 Å². The number of hydrogen-bond acceptors (Lipinski definition) is 4. The third-order valence-electron chi connectivity index (χ3n) is 2.76. The summed E-state index contributed by atoms with van der Waals surface area (Å²) in [5, 5.41) is 9.48. The lowest BCUT2D eigenvalue weighted by molar-refractivity contribution is -0.150. The van der Waals surface area contributed by atoms with Crippen LogP contribution in [0.1, 0.15) is 26.2 Å². The standard InChI is InChI=1S/C10H18O4/c1-2-3-4-12-9-5-8-10(14-9)7(11)6-13-8/h7-11H,2-6H2,1H3/t7-,8?,9-,10?/m1/s1. The molecule has 0 aromatic heterocycles. The molecule has 82 valence electrons. The zero-order valence-electron chi connectivity index (χ0n) is 8.52. The summed E-state index contributed by atoms with van der Waals surface area (Å²) in [6, 6.07) is 0. The first kappa shape index (κ1) is 10.4. The van der Waals surface area contributed by atoms with Crippen LogP contribution in [0, 0.1) is 0 Å². The van der Waals surface area contributed by atoms with E-state index >= 15 is 0 Å². The molecule has 0 bridgehead atoms. The summed E-state index contributed by atoms with van der Waals surface area (Å²) in [6.07, 6.45) is 2.16. The van der Waals surface area contributed by atoms with Gasteiger partial charge in [-0.25, -0.2) is 0 Å². The molecule has 0 saturated carbocycles. The molecule has 2 rings (SSSR count). The van der Waals surface area contributed by atoms with Crippen LogP contribution in [-0.2, 0) is 14.2 Å². The van der Waals surface area contributed by atoms with Gasteiger partial charge in [0, 0.05) is 13.0 Å². The second kappa shape index (κ2) is 4.57. The number of rotatable bonds is 4. The average Bonchev–Trinajstić information content (AvgIpc) is 2.70. The van der Waals surface area contributed by atoms with Crippen molar-refractivity contribution in [1.29, 1.82) is 0 Å². The Labute approximate surface area is 84.1 Å². The van der Waals surface area contributed by atoms with Crippen molar-refractivity contribution >= 4 is 0 Å². The molecule has 4 atom stereocenters. The lowest BCUT2D eigenvalue weighted by Crippen LogP contribution is -2.27. The molecule has 2 aliphatic heterocycles. The summed E-state index contributed by atoms with van der Waals surface area (Å²) >= 11 is 0. The zero-order chi connectivity index (χ0) is 9.97. The zero-order valence-corrected chi connectivity index (χ0v) is 8.52. The van der Waals surface area contributed by atoms with Crippen LogP contribution in [0.5, 0.6) is 0 Å². The van der Waals surface area contributed by atoms with Gasteiger partial charge in [0.25, 0.3) is 0 Å². The van der Waals surface area contributed by atoms with Crippen LogP contribution >= 0.6 is 0 Å². The van der Waals surface area contributed by atoms with Crippen LogP contribution in [0.15, 0.2) is 0 Å². The van der Waals surface area contributed by atoms with Gasteiger partial charge in [0.15, 0.2) is 6.29 Å². The molecule has 2 heterocycles. The van der Waals surface area contributed by atoms with E-state index < -0.39 is 6.10 Å². The first-order valence-electron chi connectivity index (χ1n) is 5.38. The lowest BCUT2D eigenvalue weighted by atomic mass is 10.1. The van der Waals surface area contributed by atoms with Gasteiger partial charge in [-0.15, -0.1) is 0 Å². The van der Waals surface area contributed by atoms with Gasteiger partial charge in [0.05, 0.1) is 12.7 Å². The number of aliphatic hydroxyl groups excluding tert-OH is 1. The summed E-state index contributed by atoms with van der Waals surface area (Å²) in [7, 11) is 0. The monoisotopic (exact) mass is 202 g/mol. The highest BCUT2D eigenvalue weighted by molar-refractivity contribution is 4.90. The van der Waals surface area contributed by atoms with Crippen LogP contribution in [0.4, 0.5) is 0 Å². The third-order valence-corrected chi connectivity index (χ3v) is 2.76. The molecule has 2 unspecified atom stereocenters. The maximum absolute atomic E-state index is 9.48. The highest BCUT2D eigenvalue weighted by atomic mass is 16.7. The van der Waals surface area contributed by atoms with E-state index in [0.29, 0.717) is 6.61 Å². The summed E-state index contributed by atoms with van der Waals surface area (Å²) in [5.74, 6) is 0. The van der Waals surface area contributed by atoms with Gasteiger partial charge in [0.1, 0.15) is 12.2 Å². The van der Waals surface area contributed by atoms with Gasteiger partial charge in [-0.05, 0) is 6.42 Å². The Hall–Kier alpha value is -0.160. The van der Waals surface area contributed by atoms with E-state index in [0.717, 1.165) is 25.9 Å². The SMILES string of the molecule is CCCCO[C@H]1CC2OC[C@@H](O)C2O1. The Morgan fingerprint density at radius 3 is 3.07 bits per heavy atom. The van der Waals surface area contributed by atoms with Gasteiger partial charge in [-0.1, -0.05) is 13.3 Å². The molecule has 1 N–H and O–H groups in total. The van der Waals surface area contributed by atoms with E-state index in [1.54, 1.807) is 0 Å². The Bertz CT molecular complexity index is 185. The van der Waals surface area contributed by atoms with Crippen LogP contribution in [0.2, 0.25) is 0 Å². The van der Waals surface area contributed by atoms with Crippen LogP contribution in [0.25, 0.3) is 0 Å². The first-order chi connectivity index (χ1) is 6.81. The Kier molecular flexibility index (Phi) is 3.38. The highest BCUT2D eigenvalue weighted by Gasteiger charge is 2.45. The second-order valence-electron chi connectivity index (χ2n) is 3.93. The van der Waals surface area contributed by atoms with E-state index in [1.807, 2.05) is 0 Å². The summed E-state index contributed by atoms with van der Waals surface area (Å²) < 4.78 is 16.4. The lowest BCUT2D eigenvalue weighted by Gasteiger charge is -2.14. The largest absolute Gasteiger partial charge is 0.388 e. The molecule has 2 fully saturated rings. The van der Waals surface area contributed by atoms with Gasteiger partial charge in [-0.3, -0.25) is 0 Å². The molecular formula is C10H18O4. The van der Waals surface area contributed by atoms with Crippen LogP contribution < -0.4 is 0 Å². The molecule has 2 saturated heterocycles. The van der Waals surface area contributed by atoms with Crippen molar-refractivity contribution in [1.82, 2.24) is 0 Å². The fraction of sp³-hybridized carbons (Fsp3) is 1.00. The fourth-order valence-corrected chi connectivity index (χ4v) is 1.93. The normalized spacial score (nSPS) is 41.6. The average molecular weight is 202 g/mol. The van der Waals surface area contributed by atoms with Gasteiger partial charge in [-0.2, -0.15) is 0 Å². The Balaban J connectivity index is 1.72. The molecule has 0 radical (unpaired) electrons. The van der Waals surface area contributed by atoms with Crippen molar-refractivity contribution in [3.8, 4) is 0 Å². The number of hydrogen-bond donors (Lipinski definition) is 1. The van der Waals surface area contributed by atoms with Crippen LogP contribution in [-0.4, -0.2) is 42.9 Å². The third kappa shape index (κ3) is 2.08. The molecule has 4 heteroatoms. The molecule has 14 heavy (non-hydrogen) atoms. The van der Waals surface area contributed by atoms with Crippen molar-refractivity contribution in [2.75, 3.05) is 13.2 Å². The van der Waals surface area contributed by atoms with Crippen molar-refractivity contribution in [2.24, 2.45) is 0 Å². The molecule has 0 amide bonds. The predicted molar refractivity (Wildman–Crippen MR) is 49.9 cm³/mol. The topological polar surface area (TPSA) is 47.9 Å². The maximum atomic E-state index is 9.48. The highest BCUT2D eigenvalue weighted by Crippen LogP contribution is 2.31. The van der Waals surface area contributed by atoms with Gasteiger partial charge < -0.3 is 19.3 Å². The minimum atomic E-state index is -0.472. The van der Waals surface area contributed by atoms with Crippen molar-refractivity contribution in [3.05, 3.63) is 0 Å². The minimum Gasteiger partial charge on any atom is -0.388 e. The van der Waals surface area contributed by atoms with Crippen molar-refractivity contribution in [2.45, 2.75) is 50.8 Å². The second-order valence-corrected chi connectivity index (χ2v) is 3.93. The van der Waals surface area contributed by atoms with E-state index in [1.165, 1.54) is 0 Å². The summed E-state index contributed by atoms with van der Waals surface area (Å²) in [4.78, 5) is 0. The van der Waals surface area contributed by atoms with Gasteiger partial charge in [0.2, 0.25) is 0 Å². The fourth-order valence-electron chi connectivity index (χ4n) is 1.93. The number of fused-ring (bicyclic) bond motifs is 1. The first-order valence-corrected chi connectivity index (χ1v) is 5.38. The Morgan fingerprint density at radius 2 is 2.36 bits per heavy atom. The molecule has 0 aliphatic carbocycles. The van der Waals surface area contributed by atoms with E-state index in [2.05, 4.69) is 6.92 Å². The van der Waals surface area contributed by atoms with E-state index in [9.17, 15) is 5.11 Å². The smallest absolute Gasteiger partial charge is 0.160 e. The predicted octanol–water partition coefficient (Wildman–Crippen LogP) is 0.678.